The van der Waals surface area contributed by atoms with E-state index < -0.39 is 10.8 Å². The zero-order valence-corrected chi connectivity index (χ0v) is 12.6. The molecule has 3 aromatic rings. The quantitative estimate of drug-likeness (QED) is 0.728. The van der Waals surface area contributed by atoms with Crippen LogP contribution in [0.2, 0.25) is 5.02 Å². The lowest BCUT2D eigenvalue weighted by atomic mass is 10.2. The fraction of sp³-hybridized carbons (Fsp3) is 0.0714. The van der Waals surface area contributed by atoms with Crippen molar-refractivity contribution in [1.82, 2.24) is 10.1 Å². The summed E-state index contributed by atoms with van der Waals surface area (Å²) in [4.78, 5) is 4.54. The summed E-state index contributed by atoms with van der Waals surface area (Å²) in [5.41, 5.74) is 0.406. The lowest BCUT2D eigenvalue weighted by molar-refractivity contribution is 0.389. The Morgan fingerprint density at radius 3 is 2.91 bits per heavy atom. The van der Waals surface area contributed by atoms with Gasteiger partial charge >= 0.3 is 0 Å². The maximum atomic E-state index is 12.3. The van der Waals surface area contributed by atoms with Crippen LogP contribution in [0.4, 0.5) is 0 Å². The van der Waals surface area contributed by atoms with Gasteiger partial charge in [0, 0.05) is 0 Å². The molecule has 0 fully saturated rings. The van der Waals surface area contributed by atoms with Gasteiger partial charge < -0.3 is 8.94 Å². The smallest absolute Gasteiger partial charge is 0.240 e. The fourth-order valence-electron chi connectivity index (χ4n) is 1.76. The van der Waals surface area contributed by atoms with Gasteiger partial charge in [-0.25, -0.2) is 0 Å². The van der Waals surface area contributed by atoms with Crippen molar-refractivity contribution in [2.75, 3.05) is 0 Å². The van der Waals surface area contributed by atoms with Crippen LogP contribution in [0.25, 0.3) is 11.6 Å². The van der Waals surface area contributed by atoms with Gasteiger partial charge in [-0.3, -0.25) is 4.21 Å². The average Bonchev–Trinajstić information content (AvgIpc) is 3.17. The molecule has 0 radical (unpaired) electrons. The molecule has 0 saturated carbocycles. The molecule has 22 heavy (non-hydrogen) atoms. The van der Waals surface area contributed by atoms with Crippen molar-refractivity contribution in [2.24, 2.45) is 0 Å². The van der Waals surface area contributed by atoms with Crippen LogP contribution in [-0.4, -0.2) is 14.3 Å². The van der Waals surface area contributed by atoms with E-state index in [0.717, 1.165) is 0 Å². The molecule has 0 bridgehead atoms. The lowest BCUT2D eigenvalue weighted by Gasteiger charge is -2.02. The molecular formula is C14H8ClN3O3S. The second kappa shape index (κ2) is 6.13. The molecular weight excluding hydrogens is 326 g/mol. The maximum absolute atomic E-state index is 12.3. The molecule has 1 atom stereocenters. The predicted octanol–water partition coefficient (Wildman–Crippen LogP) is 3.16. The minimum Gasteiger partial charge on any atom is -0.461 e. The highest BCUT2D eigenvalue weighted by atomic mass is 35.5. The van der Waals surface area contributed by atoms with Crippen LogP contribution in [-0.2, 0) is 16.6 Å². The minimum absolute atomic E-state index is 0.0271. The molecule has 0 aliphatic heterocycles. The summed E-state index contributed by atoms with van der Waals surface area (Å²) >= 11 is 6.03. The number of benzene rings is 1. The second-order valence-corrected chi connectivity index (χ2v) is 6.06. The largest absolute Gasteiger partial charge is 0.461 e. The third kappa shape index (κ3) is 2.93. The van der Waals surface area contributed by atoms with Crippen LogP contribution in [0, 0.1) is 11.3 Å². The van der Waals surface area contributed by atoms with E-state index in [0.29, 0.717) is 22.0 Å². The van der Waals surface area contributed by atoms with E-state index in [9.17, 15) is 4.21 Å². The van der Waals surface area contributed by atoms with Gasteiger partial charge in [0.1, 0.15) is 5.75 Å². The molecule has 0 saturated heterocycles. The summed E-state index contributed by atoms with van der Waals surface area (Å²) in [5, 5.41) is 12.8. The molecule has 2 aromatic heterocycles. The number of aromatic nitrogens is 2. The molecule has 2 heterocycles. The van der Waals surface area contributed by atoms with Gasteiger partial charge in [0.05, 0.1) is 38.6 Å². The molecule has 8 heteroatoms. The van der Waals surface area contributed by atoms with E-state index in [-0.39, 0.29) is 16.7 Å². The van der Waals surface area contributed by atoms with Gasteiger partial charge in [0.25, 0.3) is 0 Å². The van der Waals surface area contributed by atoms with Gasteiger partial charge in [-0.1, -0.05) is 16.8 Å². The van der Waals surface area contributed by atoms with Gasteiger partial charge in [-0.2, -0.15) is 10.2 Å². The van der Waals surface area contributed by atoms with Crippen LogP contribution in [0.15, 0.2) is 50.4 Å². The van der Waals surface area contributed by atoms with Crippen molar-refractivity contribution in [2.45, 2.75) is 10.6 Å². The summed E-state index contributed by atoms with van der Waals surface area (Å²) in [6, 6.07) is 9.96. The number of hydrogen-bond acceptors (Lipinski definition) is 6. The number of furan rings is 1. The van der Waals surface area contributed by atoms with Crippen molar-refractivity contribution in [3.8, 4) is 17.7 Å². The Morgan fingerprint density at radius 1 is 1.36 bits per heavy atom. The van der Waals surface area contributed by atoms with Crippen LogP contribution < -0.4 is 0 Å². The van der Waals surface area contributed by atoms with Crippen LogP contribution in [0.5, 0.6) is 0 Å². The summed E-state index contributed by atoms with van der Waals surface area (Å²) in [6.45, 7) is 0. The number of rotatable bonds is 4. The Hall–Kier alpha value is -2.43. The number of nitrogens with zero attached hydrogens (tertiary/aromatic N) is 3. The van der Waals surface area contributed by atoms with Crippen LogP contribution >= 0.6 is 11.6 Å². The molecule has 1 aromatic carbocycles. The van der Waals surface area contributed by atoms with Gasteiger partial charge in [-0.05, 0) is 30.3 Å². The summed E-state index contributed by atoms with van der Waals surface area (Å²) < 4.78 is 22.5. The highest BCUT2D eigenvalue weighted by Crippen LogP contribution is 2.23. The topological polar surface area (TPSA) is 92.9 Å². The number of halogens is 1. The highest BCUT2D eigenvalue weighted by Gasteiger charge is 2.16. The summed E-state index contributed by atoms with van der Waals surface area (Å²) in [6.07, 6.45) is 1.50. The van der Waals surface area contributed by atoms with Gasteiger partial charge in [-0.15, -0.1) is 0 Å². The molecule has 6 nitrogen and oxygen atoms in total. The van der Waals surface area contributed by atoms with Crippen LogP contribution in [0.1, 0.15) is 11.5 Å². The van der Waals surface area contributed by atoms with Crippen LogP contribution in [0.3, 0.4) is 0 Å². The third-order valence-electron chi connectivity index (χ3n) is 2.77. The Morgan fingerprint density at radius 2 is 2.23 bits per heavy atom. The minimum atomic E-state index is -1.46. The Kier molecular flexibility index (Phi) is 4.04. The van der Waals surface area contributed by atoms with Crippen molar-refractivity contribution in [1.29, 1.82) is 5.26 Å². The number of hydrogen-bond donors (Lipinski definition) is 0. The lowest BCUT2D eigenvalue weighted by Crippen LogP contribution is -1.98. The van der Waals surface area contributed by atoms with Crippen molar-refractivity contribution in [3.05, 3.63) is 53.1 Å². The first-order valence-electron chi connectivity index (χ1n) is 6.12. The van der Waals surface area contributed by atoms with Gasteiger partial charge in [0.2, 0.25) is 11.7 Å². The first kappa shape index (κ1) is 14.5. The highest BCUT2D eigenvalue weighted by molar-refractivity contribution is 7.84. The summed E-state index contributed by atoms with van der Waals surface area (Å²) in [5.74, 6) is 1.00. The Balaban J connectivity index is 1.79. The molecule has 0 unspecified atom stereocenters. The van der Waals surface area contributed by atoms with E-state index in [1.807, 2.05) is 6.07 Å². The van der Waals surface area contributed by atoms with E-state index in [4.69, 9.17) is 25.8 Å². The Labute approximate surface area is 132 Å². The normalized spacial score (nSPS) is 12.0. The van der Waals surface area contributed by atoms with E-state index >= 15 is 0 Å². The standard InChI is InChI=1S/C14H8ClN3O3S/c15-10-6-9(7-16)3-4-12(10)22(19)8-13-17-14(18-21-13)11-2-1-5-20-11/h1-6H,8H2/t22-/m1/s1. The monoisotopic (exact) mass is 333 g/mol. The molecule has 0 spiro atoms. The first-order chi connectivity index (χ1) is 10.7. The Bertz CT molecular complexity index is 868. The molecule has 0 N–H and O–H groups in total. The van der Waals surface area contributed by atoms with Crippen molar-refractivity contribution >= 4 is 22.4 Å². The third-order valence-corrected chi connectivity index (χ3v) is 4.55. The average molecular weight is 334 g/mol. The second-order valence-electron chi connectivity index (χ2n) is 4.24. The van der Waals surface area contributed by atoms with E-state index in [2.05, 4.69) is 10.1 Å². The zero-order chi connectivity index (χ0) is 15.5. The fourth-order valence-corrected chi connectivity index (χ4v) is 3.20. The maximum Gasteiger partial charge on any atom is 0.240 e. The molecule has 0 amide bonds. The number of nitriles is 1. The van der Waals surface area contributed by atoms with Crippen molar-refractivity contribution < 1.29 is 13.1 Å². The van der Waals surface area contributed by atoms with E-state index in [1.165, 1.54) is 12.3 Å². The van der Waals surface area contributed by atoms with Crippen molar-refractivity contribution in [3.63, 3.8) is 0 Å². The SMILES string of the molecule is N#Cc1ccc([S@](=O)Cc2nc(-c3ccco3)no2)c(Cl)c1. The molecule has 110 valence electrons. The molecule has 3 rings (SSSR count). The molecule has 0 aliphatic carbocycles. The zero-order valence-electron chi connectivity index (χ0n) is 11.0. The molecule has 0 aliphatic rings. The van der Waals surface area contributed by atoms with E-state index in [1.54, 1.807) is 24.3 Å². The summed E-state index contributed by atoms with van der Waals surface area (Å²) in [7, 11) is -1.46. The predicted molar refractivity (Wildman–Crippen MR) is 78.3 cm³/mol. The van der Waals surface area contributed by atoms with Gasteiger partial charge in [0.15, 0.2) is 5.76 Å². The first-order valence-corrected chi connectivity index (χ1v) is 7.81.